The predicted molar refractivity (Wildman–Crippen MR) is 93.9 cm³/mol. The molecule has 0 unspecified atom stereocenters. The monoisotopic (exact) mass is 344 g/mol. The Kier molecular flexibility index (Phi) is 5.14. The van der Waals surface area contributed by atoms with E-state index in [0.717, 1.165) is 18.9 Å². The molecule has 1 aromatic heterocycles. The van der Waals surface area contributed by atoms with E-state index in [-0.39, 0.29) is 23.9 Å². The maximum atomic E-state index is 12.9. The lowest BCUT2D eigenvalue weighted by molar-refractivity contribution is -0.00546. The molecule has 6 nitrogen and oxygen atoms in total. The Bertz CT molecular complexity index is 711. The number of rotatable bonds is 4. The van der Waals surface area contributed by atoms with Crippen LogP contribution in [-0.4, -0.2) is 36.2 Å². The second-order valence-corrected chi connectivity index (χ2v) is 6.15. The minimum Gasteiger partial charge on any atom is -0.372 e. The van der Waals surface area contributed by atoms with Crippen LogP contribution >= 0.6 is 0 Å². The summed E-state index contributed by atoms with van der Waals surface area (Å²) in [6, 6.07) is 9.27. The van der Waals surface area contributed by atoms with Gasteiger partial charge in [-0.25, -0.2) is 9.37 Å². The first-order valence-electron chi connectivity index (χ1n) is 8.19. The van der Waals surface area contributed by atoms with Gasteiger partial charge < -0.3 is 9.64 Å². The summed E-state index contributed by atoms with van der Waals surface area (Å²) in [6.45, 7) is 5.61. The lowest BCUT2D eigenvalue weighted by atomic mass is 10.2. The molecule has 1 aliphatic rings. The molecular weight excluding hydrogens is 323 g/mol. The number of hydrogen-bond acceptors (Lipinski definition) is 5. The fraction of sp³-hybridized carbons (Fsp3) is 0.333. The molecule has 2 aromatic rings. The van der Waals surface area contributed by atoms with E-state index in [9.17, 15) is 9.18 Å². The Labute approximate surface area is 146 Å². The van der Waals surface area contributed by atoms with Crippen LogP contribution in [0.2, 0.25) is 0 Å². The Morgan fingerprint density at radius 3 is 2.44 bits per heavy atom. The van der Waals surface area contributed by atoms with Gasteiger partial charge in [-0.3, -0.25) is 15.6 Å². The van der Waals surface area contributed by atoms with Crippen molar-refractivity contribution in [2.75, 3.05) is 23.4 Å². The average molecular weight is 344 g/mol. The quantitative estimate of drug-likeness (QED) is 0.835. The number of pyridine rings is 1. The van der Waals surface area contributed by atoms with Gasteiger partial charge >= 0.3 is 0 Å². The molecule has 0 radical (unpaired) electrons. The van der Waals surface area contributed by atoms with Crippen LogP contribution in [0.1, 0.15) is 24.2 Å². The smallest absolute Gasteiger partial charge is 0.271 e. The van der Waals surface area contributed by atoms with Crippen molar-refractivity contribution in [3.05, 3.63) is 54.0 Å². The number of amides is 1. The number of hydrazine groups is 1. The van der Waals surface area contributed by atoms with Gasteiger partial charge in [0.25, 0.3) is 5.91 Å². The van der Waals surface area contributed by atoms with Gasteiger partial charge in [-0.15, -0.1) is 0 Å². The van der Waals surface area contributed by atoms with E-state index in [1.54, 1.807) is 12.3 Å². The minimum atomic E-state index is -0.330. The van der Waals surface area contributed by atoms with Crippen molar-refractivity contribution < 1.29 is 13.9 Å². The van der Waals surface area contributed by atoms with Crippen LogP contribution in [0.4, 0.5) is 15.9 Å². The second kappa shape index (κ2) is 7.48. The van der Waals surface area contributed by atoms with Crippen LogP contribution in [0.15, 0.2) is 42.6 Å². The van der Waals surface area contributed by atoms with Crippen molar-refractivity contribution >= 4 is 17.4 Å². The zero-order valence-electron chi connectivity index (χ0n) is 14.2. The van der Waals surface area contributed by atoms with Crippen molar-refractivity contribution in [2.45, 2.75) is 26.1 Å². The Hall–Kier alpha value is -2.67. The number of nitrogens with one attached hydrogen (secondary N) is 2. The first kappa shape index (κ1) is 17.2. The Morgan fingerprint density at radius 2 is 1.84 bits per heavy atom. The molecule has 0 spiro atoms. The third-order valence-corrected chi connectivity index (χ3v) is 3.92. The van der Waals surface area contributed by atoms with Crippen LogP contribution in [0.5, 0.6) is 0 Å². The summed E-state index contributed by atoms with van der Waals surface area (Å²) in [6.07, 6.45) is 1.84. The normalized spacial score (nSPS) is 20.2. The van der Waals surface area contributed by atoms with Gasteiger partial charge in [-0.2, -0.15) is 0 Å². The summed E-state index contributed by atoms with van der Waals surface area (Å²) in [5.74, 6) is 0.181. The summed E-state index contributed by atoms with van der Waals surface area (Å²) in [4.78, 5) is 18.7. The van der Waals surface area contributed by atoms with Gasteiger partial charge in [0.15, 0.2) is 0 Å². The standard InChI is InChI=1S/C18H21FN4O2/c1-12-10-23(11-13(2)25-12)17-8-3-14(9-20-17)18(24)22-21-16-6-4-15(19)5-7-16/h3-9,12-13,21H,10-11H2,1-2H3,(H,22,24)/t12-,13-/m0/s1. The van der Waals surface area contributed by atoms with E-state index < -0.39 is 0 Å². The van der Waals surface area contributed by atoms with Crippen molar-refractivity contribution in [1.82, 2.24) is 10.4 Å². The van der Waals surface area contributed by atoms with Gasteiger partial charge in [0.05, 0.1) is 23.5 Å². The van der Waals surface area contributed by atoms with E-state index >= 15 is 0 Å². The van der Waals surface area contributed by atoms with Gasteiger partial charge in [-0.05, 0) is 50.2 Å². The first-order chi connectivity index (χ1) is 12.0. The number of carbonyl (C=O) groups is 1. The third-order valence-electron chi connectivity index (χ3n) is 3.92. The summed E-state index contributed by atoms with van der Waals surface area (Å²) >= 11 is 0. The SMILES string of the molecule is C[C@H]1CN(c2ccc(C(=O)NNc3ccc(F)cc3)cn2)C[C@H](C)O1. The summed E-state index contributed by atoms with van der Waals surface area (Å²) in [7, 11) is 0. The van der Waals surface area contributed by atoms with E-state index in [4.69, 9.17) is 4.74 Å². The molecule has 3 rings (SSSR count). The zero-order chi connectivity index (χ0) is 17.8. The summed E-state index contributed by atoms with van der Waals surface area (Å²) in [5.41, 5.74) is 6.33. The highest BCUT2D eigenvalue weighted by atomic mass is 19.1. The molecule has 1 aromatic carbocycles. The molecule has 7 heteroatoms. The predicted octanol–water partition coefficient (Wildman–Crippen LogP) is 2.59. The molecule has 1 aliphatic heterocycles. The topological polar surface area (TPSA) is 66.5 Å². The maximum Gasteiger partial charge on any atom is 0.271 e. The molecule has 1 fully saturated rings. The average Bonchev–Trinajstić information content (AvgIpc) is 2.60. The number of aromatic nitrogens is 1. The van der Waals surface area contributed by atoms with Crippen LogP contribution in [0.25, 0.3) is 0 Å². The Morgan fingerprint density at radius 1 is 1.16 bits per heavy atom. The highest BCUT2D eigenvalue weighted by Gasteiger charge is 2.23. The molecule has 1 amide bonds. The van der Waals surface area contributed by atoms with Gasteiger partial charge in [0.1, 0.15) is 11.6 Å². The molecule has 1 saturated heterocycles. The van der Waals surface area contributed by atoms with E-state index in [0.29, 0.717) is 11.3 Å². The number of benzene rings is 1. The first-order valence-corrected chi connectivity index (χ1v) is 8.19. The Balaban J connectivity index is 1.59. The van der Waals surface area contributed by atoms with Crippen molar-refractivity contribution in [3.8, 4) is 0 Å². The molecular formula is C18H21FN4O2. The number of carbonyl (C=O) groups excluding carboxylic acids is 1. The number of ether oxygens (including phenoxy) is 1. The van der Waals surface area contributed by atoms with Gasteiger partial charge in [0, 0.05) is 19.3 Å². The fourth-order valence-corrected chi connectivity index (χ4v) is 2.81. The van der Waals surface area contributed by atoms with Gasteiger partial charge in [0.2, 0.25) is 0 Å². The maximum absolute atomic E-state index is 12.9. The lowest BCUT2D eigenvalue weighted by Gasteiger charge is -2.36. The molecule has 132 valence electrons. The molecule has 0 aliphatic carbocycles. The van der Waals surface area contributed by atoms with Crippen molar-refractivity contribution in [3.63, 3.8) is 0 Å². The van der Waals surface area contributed by atoms with E-state index in [2.05, 4.69) is 20.7 Å². The summed E-state index contributed by atoms with van der Waals surface area (Å²) < 4.78 is 18.6. The largest absolute Gasteiger partial charge is 0.372 e. The minimum absolute atomic E-state index is 0.147. The number of halogens is 1. The van der Waals surface area contributed by atoms with Crippen LogP contribution in [-0.2, 0) is 4.74 Å². The number of nitrogens with zero attached hydrogens (tertiary/aromatic N) is 2. The van der Waals surface area contributed by atoms with E-state index in [1.807, 2.05) is 19.9 Å². The summed E-state index contributed by atoms with van der Waals surface area (Å²) in [5, 5.41) is 0. The van der Waals surface area contributed by atoms with Crippen LogP contribution < -0.4 is 15.8 Å². The van der Waals surface area contributed by atoms with Crippen LogP contribution in [0, 0.1) is 5.82 Å². The molecule has 0 bridgehead atoms. The zero-order valence-corrected chi connectivity index (χ0v) is 14.2. The van der Waals surface area contributed by atoms with Crippen LogP contribution in [0.3, 0.4) is 0 Å². The third kappa shape index (κ3) is 4.45. The van der Waals surface area contributed by atoms with Crippen molar-refractivity contribution in [1.29, 1.82) is 0 Å². The number of morpholine rings is 1. The number of hydrogen-bond donors (Lipinski definition) is 2. The highest BCUT2D eigenvalue weighted by molar-refractivity contribution is 5.94. The molecule has 2 atom stereocenters. The second-order valence-electron chi connectivity index (χ2n) is 6.15. The number of anilines is 2. The fourth-order valence-electron chi connectivity index (χ4n) is 2.81. The van der Waals surface area contributed by atoms with E-state index in [1.165, 1.54) is 24.3 Å². The van der Waals surface area contributed by atoms with Gasteiger partial charge in [-0.1, -0.05) is 0 Å². The molecule has 25 heavy (non-hydrogen) atoms. The molecule has 2 heterocycles. The molecule has 2 N–H and O–H groups in total. The lowest BCUT2D eigenvalue weighted by Crippen LogP contribution is -2.45. The molecule has 0 saturated carbocycles. The highest BCUT2D eigenvalue weighted by Crippen LogP contribution is 2.18. The van der Waals surface area contributed by atoms with Crippen molar-refractivity contribution in [2.24, 2.45) is 0 Å².